The number of piperidine rings is 1. The molecular weight excluding hydrogens is 385 g/mol. The van der Waals surface area contributed by atoms with E-state index in [0.29, 0.717) is 6.04 Å². The second-order valence-corrected chi connectivity index (χ2v) is 8.22. The topological polar surface area (TPSA) is 21.1 Å². The minimum atomic E-state index is -0.209. The number of halogens is 1. The van der Waals surface area contributed by atoms with Crippen LogP contribution in [0.1, 0.15) is 24.4 Å². The van der Waals surface area contributed by atoms with Gasteiger partial charge in [-0.25, -0.2) is 4.39 Å². The van der Waals surface area contributed by atoms with Gasteiger partial charge in [0.25, 0.3) is 0 Å². The van der Waals surface area contributed by atoms with Gasteiger partial charge in [0.1, 0.15) is 5.82 Å². The van der Waals surface area contributed by atoms with E-state index in [1.165, 1.54) is 23.4 Å². The Labute approximate surface area is 182 Å². The van der Waals surface area contributed by atoms with E-state index in [2.05, 4.69) is 69.2 Å². The molecule has 1 aliphatic heterocycles. The van der Waals surface area contributed by atoms with Gasteiger partial charge in [0.15, 0.2) is 0 Å². The Hall–Kier alpha value is -3.24. The van der Waals surface area contributed by atoms with Gasteiger partial charge in [-0.1, -0.05) is 42.5 Å². The summed E-state index contributed by atoms with van der Waals surface area (Å²) in [6.07, 6.45) is 8.10. The molecule has 2 aromatic heterocycles. The predicted octanol–water partition coefficient (Wildman–Crippen LogP) is 6.19. The number of pyridine rings is 1. The van der Waals surface area contributed by atoms with Crippen LogP contribution in [0.25, 0.3) is 22.4 Å². The zero-order chi connectivity index (χ0) is 21.0. The highest BCUT2D eigenvalue weighted by atomic mass is 19.1. The molecule has 0 spiro atoms. The van der Waals surface area contributed by atoms with Gasteiger partial charge in [-0.2, -0.15) is 0 Å². The van der Waals surface area contributed by atoms with Crippen LogP contribution in [0.4, 0.5) is 4.39 Å². The SMILES string of the molecule is Fc1ccc(-c2ccn(C3CCN(Cc4ccccc4)CC3)c2-c2ccncc2)cc1. The van der Waals surface area contributed by atoms with Crippen molar-refractivity contribution in [3.05, 3.63) is 103 Å². The Bertz CT molecular complexity index is 1110. The quantitative estimate of drug-likeness (QED) is 0.390. The molecule has 4 heteroatoms. The van der Waals surface area contributed by atoms with Gasteiger partial charge >= 0.3 is 0 Å². The van der Waals surface area contributed by atoms with E-state index in [0.717, 1.165) is 49.2 Å². The molecule has 0 unspecified atom stereocenters. The number of nitrogens with zero attached hydrogens (tertiary/aromatic N) is 3. The average Bonchev–Trinajstić information content (AvgIpc) is 3.26. The van der Waals surface area contributed by atoms with Crippen LogP contribution >= 0.6 is 0 Å². The number of rotatable bonds is 5. The largest absolute Gasteiger partial charge is 0.344 e. The van der Waals surface area contributed by atoms with Crippen molar-refractivity contribution < 1.29 is 4.39 Å². The van der Waals surface area contributed by atoms with Crippen LogP contribution in [0, 0.1) is 5.82 Å². The van der Waals surface area contributed by atoms with Crippen LogP contribution in [0.3, 0.4) is 0 Å². The molecule has 2 aromatic carbocycles. The third-order valence-electron chi connectivity index (χ3n) is 6.22. The third kappa shape index (κ3) is 4.30. The number of hydrogen-bond donors (Lipinski definition) is 0. The van der Waals surface area contributed by atoms with Crippen molar-refractivity contribution in [2.75, 3.05) is 13.1 Å². The molecule has 0 bridgehead atoms. The number of hydrogen-bond acceptors (Lipinski definition) is 2. The molecule has 31 heavy (non-hydrogen) atoms. The van der Waals surface area contributed by atoms with Crippen molar-refractivity contribution in [1.82, 2.24) is 14.5 Å². The number of likely N-dealkylation sites (tertiary alicyclic amines) is 1. The van der Waals surface area contributed by atoms with E-state index < -0.39 is 0 Å². The standard InChI is InChI=1S/C27H26FN3/c28-24-8-6-22(7-9-24)26-14-19-31(27(26)23-10-15-29-16-11-23)25-12-17-30(18-13-25)20-21-4-2-1-3-5-21/h1-11,14-16,19,25H,12-13,17-18,20H2. The van der Waals surface area contributed by atoms with E-state index in [-0.39, 0.29) is 5.82 Å². The highest BCUT2D eigenvalue weighted by Crippen LogP contribution is 2.37. The Kier molecular flexibility index (Phi) is 5.63. The van der Waals surface area contributed by atoms with Gasteiger partial charge in [0, 0.05) is 55.4 Å². The van der Waals surface area contributed by atoms with Crippen molar-refractivity contribution in [3.8, 4) is 22.4 Å². The lowest BCUT2D eigenvalue weighted by molar-refractivity contribution is 0.180. The van der Waals surface area contributed by atoms with E-state index in [4.69, 9.17) is 0 Å². The smallest absolute Gasteiger partial charge is 0.123 e. The average molecular weight is 412 g/mol. The van der Waals surface area contributed by atoms with E-state index in [1.807, 2.05) is 24.5 Å². The van der Waals surface area contributed by atoms with Crippen molar-refractivity contribution in [2.24, 2.45) is 0 Å². The van der Waals surface area contributed by atoms with Crippen molar-refractivity contribution in [3.63, 3.8) is 0 Å². The maximum absolute atomic E-state index is 13.5. The molecule has 3 nitrogen and oxygen atoms in total. The summed E-state index contributed by atoms with van der Waals surface area (Å²) in [6, 6.07) is 24.2. The van der Waals surface area contributed by atoms with Crippen LogP contribution in [-0.2, 0) is 6.54 Å². The lowest BCUT2D eigenvalue weighted by atomic mass is 9.99. The summed E-state index contributed by atoms with van der Waals surface area (Å²) >= 11 is 0. The summed E-state index contributed by atoms with van der Waals surface area (Å²) in [6.45, 7) is 3.18. The Morgan fingerprint density at radius 2 is 1.52 bits per heavy atom. The maximum atomic E-state index is 13.5. The second kappa shape index (κ2) is 8.86. The van der Waals surface area contributed by atoms with E-state index >= 15 is 0 Å². The fourth-order valence-corrected chi connectivity index (χ4v) is 4.63. The summed E-state index contributed by atoms with van der Waals surface area (Å²) < 4.78 is 15.9. The monoisotopic (exact) mass is 411 g/mol. The first-order chi connectivity index (χ1) is 15.3. The van der Waals surface area contributed by atoms with Gasteiger partial charge in [0.2, 0.25) is 0 Å². The molecule has 3 heterocycles. The summed E-state index contributed by atoms with van der Waals surface area (Å²) in [5.74, 6) is -0.209. The molecule has 0 atom stereocenters. The first-order valence-corrected chi connectivity index (χ1v) is 10.9. The molecule has 1 fully saturated rings. The highest BCUT2D eigenvalue weighted by Gasteiger charge is 2.24. The first kappa shape index (κ1) is 19.7. The third-order valence-corrected chi connectivity index (χ3v) is 6.22. The van der Waals surface area contributed by atoms with Crippen LogP contribution < -0.4 is 0 Å². The molecule has 0 N–H and O–H groups in total. The lowest BCUT2D eigenvalue weighted by Crippen LogP contribution is -2.34. The van der Waals surface area contributed by atoms with E-state index in [9.17, 15) is 4.39 Å². The zero-order valence-corrected chi connectivity index (χ0v) is 17.5. The minimum Gasteiger partial charge on any atom is -0.344 e. The molecule has 5 rings (SSSR count). The highest BCUT2D eigenvalue weighted by molar-refractivity contribution is 5.81. The molecule has 0 amide bonds. The molecule has 0 aliphatic carbocycles. The van der Waals surface area contributed by atoms with Gasteiger partial charge in [0.05, 0.1) is 5.69 Å². The second-order valence-electron chi connectivity index (χ2n) is 8.22. The molecule has 4 aromatic rings. The van der Waals surface area contributed by atoms with Gasteiger partial charge in [-0.05, 0) is 54.3 Å². The van der Waals surface area contributed by atoms with Crippen LogP contribution in [0.15, 0.2) is 91.4 Å². The minimum absolute atomic E-state index is 0.209. The molecule has 0 saturated carbocycles. The fourth-order valence-electron chi connectivity index (χ4n) is 4.63. The Balaban J connectivity index is 1.41. The molecule has 0 radical (unpaired) electrons. The Morgan fingerprint density at radius 1 is 0.806 bits per heavy atom. The summed E-state index contributed by atoms with van der Waals surface area (Å²) in [4.78, 5) is 6.74. The van der Waals surface area contributed by atoms with Crippen LogP contribution in [-0.4, -0.2) is 27.5 Å². The molecule has 1 saturated heterocycles. The van der Waals surface area contributed by atoms with Crippen molar-refractivity contribution >= 4 is 0 Å². The van der Waals surface area contributed by atoms with Crippen molar-refractivity contribution in [2.45, 2.75) is 25.4 Å². The maximum Gasteiger partial charge on any atom is 0.123 e. The molecular formula is C27H26FN3. The fraction of sp³-hybridized carbons (Fsp3) is 0.222. The van der Waals surface area contributed by atoms with Crippen LogP contribution in [0.5, 0.6) is 0 Å². The van der Waals surface area contributed by atoms with Gasteiger partial charge in [-0.3, -0.25) is 9.88 Å². The summed E-state index contributed by atoms with van der Waals surface area (Å²) in [7, 11) is 0. The number of aromatic nitrogens is 2. The van der Waals surface area contributed by atoms with Crippen molar-refractivity contribution in [1.29, 1.82) is 0 Å². The Morgan fingerprint density at radius 3 is 2.23 bits per heavy atom. The van der Waals surface area contributed by atoms with Gasteiger partial charge in [-0.15, -0.1) is 0 Å². The summed E-state index contributed by atoms with van der Waals surface area (Å²) in [5, 5.41) is 0. The van der Waals surface area contributed by atoms with Gasteiger partial charge < -0.3 is 4.57 Å². The predicted molar refractivity (Wildman–Crippen MR) is 123 cm³/mol. The molecule has 1 aliphatic rings. The summed E-state index contributed by atoms with van der Waals surface area (Å²) in [5.41, 5.74) is 5.88. The first-order valence-electron chi connectivity index (χ1n) is 10.9. The van der Waals surface area contributed by atoms with Crippen LogP contribution in [0.2, 0.25) is 0 Å². The number of benzene rings is 2. The lowest BCUT2D eigenvalue weighted by Gasteiger charge is -2.34. The normalized spacial score (nSPS) is 15.3. The molecule has 156 valence electrons. The van der Waals surface area contributed by atoms with E-state index in [1.54, 1.807) is 0 Å². The zero-order valence-electron chi connectivity index (χ0n) is 17.5.